The van der Waals surface area contributed by atoms with Gasteiger partial charge >= 0.3 is 0 Å². The van der Waals surface area contributed by atoms with Crippen molar-refractivity contribution in [3.8, 4) is 17.0 Å². The minimum atomic E-state index is 0.308. The molecule has 0 spiro atoms. The number of nitrogens with one attached hydrogen (secondary N) is 1. The first-order valence-electron chi connectivity index (χ1n) is 11.2. The van der Waals surface area contributed by atoms with Gasteiger partial charge in [-0.3, -0.25) is 4.90 Å². The van der Waals surface area contributed by atoms with Crippen molar-refractivity contribution in [1.82, 2.24) is 20.2 Å². The summed E-state index contributed by atoms with van der Waals surface area (Å²) in [4.78, 5) is 11.9. The molecule has 0 amide bonds. The van der Waals surface area contributed by atoms with Gasteiger partial charge in [-0.25, -0.2) is 9.97 Å². The maximum atomic E-state index is 9.41. The van der Waals surface area contributed by atoms with Crippen molar-refractivity contribution in [1.29, 1.82) is 0 Å². The lowest BCUT2D eigenvalue weighted by Gasteiger charge is -2.38. The van der Waals surface area contributed by atoms with Crippen LogP contribution in [0.25, 0.3) is 11.3 Å². The first-order chi connectivity index (χ1) is 15.1. The lowest BCUT2D eigenvalue weighted by Crippen LogP contribution is -2.54. The third kappa shape index (κ3) is 5.69. The highest BCUT2D eigenvalue weighted by Gasteiger charge is 2.24. The summed E-state index contributed by atoms with van der Waals surface area (Å²) < 4.78 is 0. The van der Waals surface area contributed by atoms with Gasteiger partial charge in [0.15, 0.2) is 0 Å². The smallest absolute Gasteiger partial charge is 0.128 e. The van der Waals surface area contributed by atoms with Crippen molar-refractivity contribution < 1.29 is 5.11 Å². The molecule has 2 N–H and O–H groups in total. The third-order valence-corrected chi connectivity index (χ3v) is 6.28. The van der Waals surface area contributed by atoms with Crippen LogP contribution in [0, 0.1) is 0 Å². The molecule has 2 atom stereocenters. The van der Waals surface area contributed by atoms with Crippen molar-refractivity contribution in [2.45, 2.75) is 51.7 Å². The average molecular weight is 417 g/mol. The molecular weight excluding hydrogens is 384 g/mol. The van der Waals surface area contributed by atoms with Crippen LogP contribution in [-0.4, -0.2) is 45.1 Å². The molecule has 5 heteroatoms. The number of phenolic OH excluding ortho intramolecular Hbond substituents is 1. The minimum absolute atomic E-state index is 0.308. The lowest BCUT2D eigenvalue weighted by molar-refractivity contribution is 0.131. The fourth-order valence-electron chi connectivity index (χ4n) is 4.21. The van der Waals surface area contributed by atoms with E-state index in [0.717, 1.165) is 56.0 Å². The summed E-state index contributed by atoms with van der Waals surface area (Å²) in [5.41, 5.74) is 4.68. The average Bonchev–Trinajstić information content (AvgIpc) is 2.79. The van der Waals surface area contributed by atoms with Gasteiger partial charge in [0, 0.05) is 49.9 Å². The molecule has 2 unspecified atom stereocenters. The molecule has 0 aliphatic carbocycles. The number of benzene rings is 2. The second-order valence-corrected chi connectivity index (χ2v) is 8.53. The van der Waals surface area contributed by atoms with Crippen LogP contribution >= 0.6 is 0 Å². The number of hydrogen-bond acceptors (Lipinski definition) is 5. The summed E-state index contributed by atoms with van der Waals surface area (Å²) in [6.07, 6.45) is 4.63. The molecule has 4 rings (SSSR count). The molecule has 0 bridgehead atoms. The highest BCUT2D eigenvalue weighted by atomic mass is 16.3. The zero-order chi connectivity index (χ0) is 21.6. The van der Waals surface area contributed by atoms with Gasteiger partial charge < -0.3 is 10.4 Å². The van der Waals surface area contributed by atoms with Crippen LogP contribution in [0.15, 0.2) is 60.8 Å². The summed E-state index contributed by atoms with van der Waals surface area (Å²) in [6.45, 7) is 7.65. The van der Waals surface area contributed by atoms with Crippen LogP contribution in [0.2, 0.25) is 0 Å². The van der Waals surface area contributed by atoms with Crippen LogP contribution in [0.1, 0.15) is 37.2 Å². The van der Waals surface area contributed by atoms with Crippen LogP contribution in [0.5, 0.6) is 5.75 Å². The molecule has 3 aromatic rings. The van der Waals surface area contributed by atoms with E-state index in [0.29, 0.717) is 17.8 Å². The number of phenols is 1. The van der Waals surface area contributed by atoms with Gasteiger partial charge in [0.2, 0.25) is 0 Å². The molecule has 31 heavy (non-hydrogen) atoms. The van der Waals surface area contributed by atoms with E-state index >= 15 is 0 Å². The lowest BCUT2D eigenvalue weighted by atomic mass is 10.0. The first-order valence-corrected chi connectivity index (χ1v) is 11.2. The molecule has 2 heterocycles. The van der Waals surface area contributed by atoms with Gasteiger partial charge in [-0.1, -0.05) is 30.3 Å². The van der Waals surface area contributed by atoms with E-state index in [1.54, 1.807) is 12.1 Å². The van der Waals surface area contributed by atoms with Gasteiger partial charge in [0.25, 0.3) is 0 Å². The molecule has 1 aliphatic heterocycles. The van der Waals surface area contributed by atoms with E-state index in [-0.39, 0.29) is 0 Å². The number of aryl methyl sites for hydroxylation is 2. The van der Waals surface area contributed by atoms with E-state index < -0.39 is 0 Å². The third-order valence-electron chi connectivity index (χ3n) is 6.28. The number of piperazine rings is 1. The highest BCUT2D eigenvalue weighted by Crippen LogP contribution is 2.21. The van der Waals surface area contributed by atoms with Crippen LogP contribution in [0.3, 0.4) is 0 Å². The molecule has 1 saturated heterocycles. The van der Waals surface area contributed by atoms with Crippen LogP contribution < -0.4 is 5.32 Å². The summed E-state index contributed by atoms with van der Waals surface area (Å²) in [7, 11) is 0. The summed E-state index contributed by atoms with van der Waals surface area (Å²) in [5, 5.41) is 13.0. The Bertz CT molecular complexity index is 989. The summed E-state index contributed by atoms with van der Waals surface area (Å²) >= 11 is 0. The van der Waals surface area contributed by atoms with Crippen LogP contribution in [-0.2, 0) is 19.4 Å². The Morgan fingerprint density at radius 2 is 1.87 bits per heavy atom. The van der Waals surface area contributed by atoms with E-state index in [1.165, 1.54) is 11.1 Å². The molecule has 162 valence electrons. The van der Waals surface area contributed by atoms with E-state index in [9.17, 15) is 5.11 Å². The quantitative estimate of drug-likeness (QED) is 0.604. The summed E-state index contributed by atoms with van der Waals surface area (Å²) in [5.74, 6) is 1.19. The number of aromatic nitrogens is 2. The fourth-order valence-corrected chi connectivity index (χ4v) is 4.21. The zero-order valence-corrected chi connectivity index (χ0v) is 18.5. The second-order valence-electron chi connectivity index (χ2n) is 8.53. The van der Waals surface area contributed by atoms with E-state index in [1.807, 2.05) is 24.4 Å². The maximum absolute atomic E-state index is 9.41. The first kappa shape index (κ1) is 21.5. The van der Waals surface area contributed by atoms with Gasteiger partial charge in [-0.15, -0.1) is 0 Å². The molecule has 5 nitrogen and oxygen atoms in total. The highest BCUT2D eigenvalue weighted by molar-refractivity contribution is 5.59. The minimum Gasteiger partial charge on any atom is -0.508 e. The van der Waals surface area contributed by atoms with Crippen molar-refractivity contribution in [3.05, 3.63) is 77.7 Å². The van der Waals surface area contributed by atoms with Crippen molar-refractivity contribution >= 4 is 0 Å². The topological polar surface area (TPSA) is 61.3 Å². The van der Waals surface area contributed by atoms with Gasteiger partial charge in [-0.05, 0) is 62.1 Å². The Morgan fingerprint density at radius 1 is 1.03 bits per heavy atom. The van der Waals surface area contributed by atoms with Crippen molar-refractivity contribution in [2.24, 2.45) is 0 Å². The van der Waals surface area contributed by atoms with E-state index in [2.05, 4.69) is 53.3 Å². The summed E-state index contributed by atoms with van der Waals surface area (Å²) in [6, 6.07) is 19.2. The number of rotatable bonds is 7. The number of nitrogens with zero attached hydrogens (tertiary/aromatic N) is 3. The monoisotopic (exact) mass is 416 g/mol. The van der Waals surface area contributed by atoms with Gasteiger partial charge in [-0.2, -0.15) is 0 Å². The largest absolute Gasteiger partial charge is 0.508 e. The van der Waals surface area contributed by atoms with E-state index in [4.69, 9.17) is 4.98 Å². The predicted molar refractivity (Wildman–Crippen MR) is 125 cm³/mol. The molecule has 0 radical (unpaired) electrons. The molecule has 2 aromatic carbocycles. The predicted octanol–water partition coefficient (Wildman–Crippen LogP) is 4.21. The van der Waals surface area contributed by atoms with Gasteiger partial charge in [0.1, 0.15) is 11.6 Å². The Kier molecular flexibility index (Phi) is 6.95. The molecular formula is C26H32N4O. The van der Waals surface area contributed by atoms with Crippen molar-refractivity contribution in [3.63, 3.8) is 0 Å². The Hall–Kier alpha value is -2.76. The fraction of sp³-hybridized carbons (Fsp3) is 0.385. The zero-order valence-electron chi connectivity index (χ0n) is 18.5. The number of hydrogen-bond donors (Lipinski definition) is 2. The number of aromatic hydroxyl groups is 1. The molecule has 1 aromatic heterocycles. The normalized spacial score (nSPS) is 19.4. The SMILES string of the molecule is CC1NCCN(Cc2cccc(-c3ccnc(CCCc4ccc(O)cc4)n3)c2)C1C. The van der Waals surface area contributed by atoms with Crippen molar-refractivity contribution in [2.75, 3.05) is 13.1 Å². The van der Waals surface area contributed by atoms with Gasteiger partial charge in [0.05, 0.1) is 5.69 Å². The maximum Gasteiger partial charge on any atom is 0.128 e. The standard InChI is InChI=1S/C26H32N4O/c1-19-20(2)30(16-15-27-19)18-22-6-3-7-23(17-22)25-13-14-28-26(29-25)8-4-5-21-9-11-24(31)12-10-21/h3,6-7,9-14,17,19-20,27,31H,4-5,8,15-16,18H2,1-2H3. The molecule has 1 fully saturated rings. The molecule has 1 aliphatic rings. The Morgan fingerprint density at radius 3 is 2.71 bits per heavy atom. The Balaban J connectivity index is 1.40. The molecule has 0 saturated carbocycles. The Labute approximate surface area is 185 Å². The second kappa shape index (κ2) is 10.0. The van der Waals surface area contributed by atoms with Crippen LogP contribution in [0.4, 0.5) is 0 Å².